The molecule has 0 N–H and O–H groups in total. The minimum Gasteiger partial charge on any atom is -0.462 e. The molecular weight excluding hydrogens is 741 g/mol. The SMILES string of the molecule is CC/C=C\C/C=C\C/C=C\C/C=C\C/C=C\CCCCCC(=O)OCC(COCCC/C=C\C/C=C\C/C=C\C/C=C\CC)OC(=O)CCCCCCCCCCCCC. The summed E-state index contributed by atoms with van der Waals surface area (Å²) in [4.78, 5) is 25.3. The number of esters is 2. The number of hydrogen-bond acceptors (Lipinski definition) is 5. The zero-order valence-corrected chi connectivity index (χ0v) is 38.9. The first kappa shape index (κ1) is 56.6. The monoisotopic (exact) mass is 831 g/mol. The molecule has 0 rings (SSSR count). The maximum absolute atomic E-state index is 12.7. The van der Waals surface area contributed by atoms with Crippen LogP contribution < -0.4 is 0 Å². The molecule has 0 heterocycles. The van der Waals surface area contributed by atoms with Crippen LogP contribution in [0, 0.1) is 0 Å². The van der Waals surface area contributed by atoms with E-state index >= 15 is 0 Å². The largest absolute Gasteiger partial charge is 0.462 e. The van der Waals surface area contributed by atoms with Crippen molar-refractivity contribution in [2.45, 2.75) is 207 Å². The Morgan fingerprint density at radius 1 is 0.383 bits per heavy atom. The molecule has 0 radical (unpaired) electrons. The fourth-order valence-corrected chi connectivity index (χ4v) is 6.25. The average Bonchev–Trinajstić information content (AvgIpc) is 3.25. The molecule has 1 unspecified atom stereocenters. The van der Waals surface area contributed by atoms with E-state index in [1.54, 1.807) is 0 Å². The number of rotatable bonds is 43. The third-order valence-corrected chi connectivity index (χ3v) is 9.80. The molecule has 0 aliphatic carbocycles. The van der Waals surface area contributed by atoms with Crippen molar-refractivity contribution in [3.63, 3.8) is 0 Å². The first-order chi connectivity index (χ1) is 29.6. The lowest BCUT2D eigenvalue weighted by Crippen LogP contribution is -2.30. The maximum Gasteiger partial charge on any atom is 0.306 e. The second-order valence-corrected chi connectivity index (χ2v) is 15.6. The standard InChI is InChI=1S/C55H90O5/c1-4-7-10-13-16-19-22-24-26-27-28-29-30-31-34-36-39-42-45-48-54(56)59-52-53(60-55(57)49-46-43-40-37-33-21-18-15-12-9-6-3)51-58-50-47-44-41-38-35-32-25-23-20-17-14-11-8-5-2/h7-8,10-11,16-17,19-20,24-26,28-29,31-32,34,38,41,53H,4-6,9,12-15,18,21-23,27,30,33,35-37,39-40,42-52H2,1-3H3/b10-7-,11-8-,19-16-,20-17-,26-24-,29-28-,32-25-,34-31-,41-38-. The number of ether oxygens (including phenoxy) is 3. The van der Waals surface area contributed by atoms with E-state index in [1.807, 2.05) is 0 Å². The van der Waals surface area contributed by atoms with Gasteiger partial charge in [0.15, 0.2) is 6.10 Å². The number of carbonyl (C=O) groups excluding carboxylic acids is 2. The van der Waals surface area contributed by atoms with Crippen molar-refractivity contribution in [2.75, 3.05) is 19.8 Å². The predicted molar refractivity (Wildman–Crippen MR) is 260 cm³/mol. The Morgan fingerprint density at radius 2 is 0.750 bits per heavy atom. The topological polar surface area (TPSA) is 61.8 Å². The van der Waals surface area contributed by atoms with Crippen molar-refractivity contribution >= 4 is 11.9 Å². The molecule has 0 amide bonds. The zero-order valence-electron chi connectivity index (χ0n) is 38.9. The van der Waals surface area contributed by atoms with Gasteiger partial charge in [0.1, 0.15) is 6.61 Å². The summed E-state index contributed by atoms with van der Waals surface area (Å²) in [5.74, 6) is -0.471. The normalized spacial score (nSPS) is 13.2. The molecule has 1 atom stereocenters. The van der Waals surface area contributed by atoms with Gasteiger partial charge in [-0.1, -0.05) is 201 Å². The second kappa shape index (κ2) is 49.9. The fourth-order valence-electron chi connectivity index (χ4n) is 6.25. The minimum atomic E-state index is -0.582. The van der Waals surface area contributed by atoms with E-state index in [4.69, 9.17) is 14.2 Å². The van der Waals surface area contributed by atoms with Crippen LogP contribution in [0.5, 0.6) is 0 Å². The van der Waals surface area contributed by atoms with Crippen LogP contribution >= 0.6 is 0 Å². The summed E-state index contributed by atoms with van der Waals surface area (Å²) in [7, 11) is 0. The van der Waals surface area contributed by atoms with E-state index in [0.29, 0.717) is 19.4 Å². The first-order valence-electron chi connectivity index (χ1n) is 24.4. The molecule has 0 aliphatic heterocycles. The third-order valence-electron chi connectivity index (χ3n) is 9.80. The van der Waals surface area contributed by atoms with Crippen LogP contribution in [0.1, 0.15) is 201 Å². The number of unbranched alkanes of at least 4 members (excludes halogenated alkanes) is 14. The minimum absolute atomic E-state index is 0.0414. The molecule has 0 aromatic rings. The van der Waals surface area contributed by atoms with Crippen LogP contribution in [0.25, 0.3) is 0 Å². The lowest BCUT2D eigenvalue weighted by Gasteiger charge is -2.18. The summed E-state index contributed by atoms with van der Waals surface area (Å²) < 4.78 is 17.3. The molecule has 5 heteroatoms. The first-order valence-corrected chi connectivity index (χ1v) is 24.4. The van der Waals surface area contributed by atoms with Crippen molar-refractivity contribution in [1.82, 2.24) is 0 Å². The van der Waals surface area contributed by atoms with Crippen LogP contribution in [-0.4, -0.2) is 37.9 Å². The van der Waals surface area contributed by atoms with E-state index in [9.17, 15) is 9.59 Å². The molecule has 0 aromatic heterocycles. The zero-order chi connectivity index (χ0) is 43.5. The van der Waals surface area contributed by atoms with E-state index in [1.165, 1.54) is 51.4 Å². The van der Waals surface area contributed by atoms with Gasteiger partial charge in [-0.05, 0) is 96.3 Å². The molecule has 340 valence electrons. The number of hydrogen-bond donors (Lipinski definition) is 0. The van der Waals surface area contributed by atoms with E-state index in [2.05, 4.69) is 130 Å². The van der Waals surface area contributed by atoms with Crippen LogP contribution in [-0.2, 0) is 23.8 Å². The Morgan fingerprint density at radius 3 is 1.20 bits per heavy atom. The van der Waals surface area contributed by atoms with Gasteiger partial charge in [0.2, 0.25) is 0 Å². The molecule has 0 bridgehead atoms. The van der Waals surface area contributed by atoms with Gasteiger partial charge >= 0.3 is 11.9 Å². The van der Waals surface area contributed by atoms with E-state index in [-0.39, 0.29) is 25.2 Å². The molecule has 0 aromatic carbocycles. The Bertz CT molecular complexity index is 1210. The van der Waals surface area contributed by atoms with Crippen molar-refractivity contribution in [3.8, 4) is 0 Å². The molecule has 60 heavy (non-hydrogen) atoms. The van der Waals surface area contributed by atoms with Crippen LogP contribution in [0.3, 0.4) is 0 Å². The molecular formula is C55H90O5. The van der Waals surface area contributed by atoms with E-state index in [0.717, 1.165) is 116 Å². The highest BCUT2D eigenvalue weighted by molar-refractivity contribution is 5.70. The molecule has 0 spiro atoms. The highest BCUT2D eigenvalue weighted by atomic mass is 16.6. The molecule has 0 aliphatic rings. The van der Waals surface area contributed by atoms with Gasteiger partial charge < -0.3 is 14.2 Å². The summed E-state index contributed by atoms with van der Waals surface area (Å²) >= 11 is 0. The van der Waals surface area contributed by atoms with E-state index < -0.39 is 6.10 Å². The van der Waals surface area contributed by atoms with Gasteiger partial charge in [0, 0.05) is 19.4 Å². The summed E-state index contributed by atoms with van der Waals surface area (Å²) in [6, 6.07) is 0. The van der Waals surface area contributed by atoms with Crippen LogP contribution in [0.15, 0.2) is 109 Å². The molecule has 0 saturated heterocycles. The summed E-state index contributed by atoms with van der Waals surface area (Å²) in [5.41, 5.74) is 0. The number of carbonyl (C=O) groups is 2. The highest BCUT2D eigenvalue weighted by Gasteiger charge is 2.17. The smallest absolute Gasteiger partial charge is 0.306 e. The Kier molecular flexibility index (Phi) is 47.1. The van der Waals surface area contributed by atoms with Gasteiger partial charge in [-0.25, -0.2) is 0 Å². The Hall–Kier alpha value is -3.44. The van der Waals surface area contributed by atoms with Gasteiger partial charge in [0.05, 0.1) is 6.61 Å². The quantitative estimate of drug-likeness (QED) is 0.0348. The highest BCUT2D eigenvalue weighted by Crippen LogP contribution is 2.13. The lowest BCUT2D eigenvalue weighted by atomic mass is 10.1. The van der Waals surface area contributed by atoms with Gasteiger partial charge in [-0.2, -0.15) is 0 Å². The van der Waals surface area contributed by atoms with Gasteiger partial charge in [-0.3, -0.25) is 9.59 Å². The maximum atomic E-state index is 12.7. The van der Waals surface area contributed by atoms with Crippen LogP contribution in [0.2, 0.25) is 0 Å². The van der Waals surface area contributed by atoms with Crippen molar-refractivity contribution in [2.24, 2.45) is 0 Å². The molecule has 0 saturated carbocycles. The third kappa shape index (κ3) is 47.2. The lowest BCUT2D eigenvalue weighted by molar-refractivity contribution is -0.163. The fraction of sp³-hybridized carbons (Fsp3) is 0.636. The van der Waals surface area contributed by atoms with Crippen molar-refractivity contribution in [1.29, 1.82) is 0 Å². The second-order valence-electron chi connectivity index (χ2n) is 15.6. The molecule has 5 nitrogen and oxygen atoms in total. The van der Waals surface area contributed by atoms with Gasteiger partial charge in [-0.15, -0.1) is 0 Å². The Balaban J connectivity index is 4.39. The van der Waals surface area contributed by atoms with Crippen molar-refractivity contribution in [3.05, 3.63) is 109 Å². The predicted octanol–water partition coefficient (Wildman–Crippen LogP) is 16.4. The summed E-state index contributed by atoms with van der Waals surface area (Å²) in [5, 5.41) is 0. The summed E-state index contributed by atoms with van der Waals surface area (Å²) in [6.45, 7) is 7.41. The number of allylic oxidation sites excluding steroid dienone is 18. The van der Waals surface area contributed by atoms with Crippen LogP contribution in [0.4, 0.5) is 0 Å². The summed E-state index contributed by atoms with van der Waals surface area (Å²) in [6.07, 6.45) is 68.2. The van der Waals surface area contributed by atoms with Gasteiger partial charge in [0.25, 0.3) is 0 Å². The average molecular weight is 831 g/mol. The van der Waals surface area contributed by atoms with Crippen molar-refractivity contribution < 1.29 is 23.8 Å². The molecule has 0 fully saturated rings. The Labute approximate surface area is 370 Å².